The Labute approximate surface area is 171 Å². The van der Waals surface area contributed by atoms with E-state index in [0.29, 0.717) is 26.1 Å². The minimum Gasteiger partial charge on any atom is -0.356 e. The van der Waals surface area contributed by atoms with Crippen molar-refractivity contribution >= 4 is 0 Å². The van der Waals surface area contributed by atoms with Crippen molar-refractivity contribution in [2.45, 2.75) is 75.4 Å². The van der Waals surface area contributed by atoms with Crippen LogP contribution in [0.2, 0.25) is 0 Å². The van der Waals surface area contributed by atoms with Crippen LogP contribution in [-0.4, -0.2) is 65.1 Å². The van der Waals surface area contributed by atoms with Crippen LogP contribution in [0.3, 0.4) is 0 Å². The molecule has 6 atom stereocenters. The zero-order valence-electron chi connectivity index (χ0n) is 16.5. The first kappa shape index (κ1) is 21.6. The van der Waals surface area contributed by atoms with Crippen molar-refractivity contribution in [3.8, 4) is 0 Å². The third-order valence-corrected chi connectivity index (χ3v) is 5.51. The number of aromatic nitrogens is 2. The van der Waals surface area contributed by atoms with E-state index >= 15 is 4.39 Å². The lowest BCUT2D eigenvalue weighted by Gasteiger charge is -2.32. The SMILES string of the molecule is O=c1ccn([C@@H]2O[C@H](COC3CCCCO3)[C@@H](OC3CCCCO3)[C@@]2(O)F)c(=O)[nH]1. The summed E-state index contributed by atoms with van der Waals surface area (Å²) in [5.41, 5.74) is -1.55. The summed E-state index contributed by atoms with van der Waals surface area (Å²) in [6.07, 6.45) is 0.584. The molecule has 0 amide bonds. The molecule has 4 heterocycles. The number of ether oxygens (including phenoxy) is 5. The molecule has 168 valence electrons. The fraction of sp³-hybridized carbons (Fsp3) is 0.789. The zero-order chi connectivity index (χ0) is 21.1. The average Bonchev–Trinajstić information content (AvgIpc) is 2.98. The molecule has 2 unspecified atom stereocenters. The fourth-order valence-electron chi connectivity index (χ4n) is 3.94. The maximum absolute atomic E-state index is 15.6. The van der Waals surface area contributed by atoms with Gasteiger partial charge in [-0.25, -0.2) is 9.18 Å². The Kier molecular flexibility index (Phi) is 6.66. The van der Waals surface area contributed by atoms with Gasteiger partial charge in [0.05, 0.1) is 6.61 Å². The standard InChI is InChI=1S/C19H27FN2O8/c20-19(25)16(30-15-6-2-4-10-27-15)12(11-28-14-5-1-3-9-26-14)29-17(19)22-8-7-13(23)21-18(22)24/h7-8,12,14-17,25H,1-6,9-11H2,(H,21,23,24)/t12-,14?,15?,16-,17-,19+/m1/s1. The number of halogens is 1. The van der Waals surface area contributed by atoms with Crippen molar-refractivity contribution < 1.29 is 33.2 Å². The summed E-state index contributed by atoms with van der Waals surface area (Å²) in [7, 11) is 0. The summed E-state index contributed by atoms with van der Waals surface area (Å²) in [5, 5.41) is 10.7. The van der Waals surface area contributed by atoms with Crippen LogP contribution in [0, 0.1) is 0 Å². The van der Waals surface area contributed by atoms with Crippen molar-refractivity contribution in [1.82, 2.24) is 9.55 Å². The van der Waals surface area contributed by atoms with Gasteiger partial charge < -0.3 is 28.8 Å². The number of H-pyrrole nitrogens is 1. The first-order valence-corrected chi connectivity index (χ1v) is 10.3. The molecule has 3 fully saturated rings. The van der Waals surface area contributed by atoms with Crippen molar-refractivity contribution in [2.75, 3.05) is 19.8 Å². The molecule has 0 bridgehead atoms. The van der Waals surface area contributed by atoms with Gasteiger partial charge in [0.2, 0.25) is 0 Å². The van der Waals surface area contributed by atoms with Crippen LogP contribution in [0.4, 0.5) is 4.39 Å². The van der Waals surface area contributed by atoms with E-state index < -0.39 is 48.1 Å². The van der Waals surface area contributed by atoms with Gasteiger partial charge in [0.15, 0.2) is 24.9 Å². The van der Waals surface area contributed by atoms with Gasteiger partial charge in [0, 0.05) is 25.5 Å². The maximum Gasteiger partial charge on any atom is 0.330 e. The second kappa shape index (κ2) is 9.25. The summed E-state index contributed by atoms with van der Waals surface area (Å²) in [6.45, 7) is 0.945. The lowest BCUT2D eigenvalue weighted by atomic mass is 10.1. The summed E-state index contributed by atoms with van der Waals surface area (Å²) in [5.74, 6) is -3.07. The Balaban J connectivity index is 1.54. The number of alkyl halides is 1. The minimum absolute atomic E-state index is 0.108. The zero-order valence-corrected chi connectivity index (χ0v) is 16.5. The molecule has 4 rings (SSSR count). The largest absolute Gasteiger partial charge is 0.356 e. The van der Waals surface area contributed by atoms with Gasteiger partial charge in [-0.1, -0.05) is 0 Å². The summed E-state index contributed by atoms with van der Waals surface area (Å²) >= 11 is 0. The van der Waals surface area contributed by atoms with Gasteiger partial charge in [-0.05, 0) is 38.5 Å². The second-order valence-corrected chi connectivity index (χ2v) is 7.75. The molecule has 11 heteroatoms. The topological polar surface area (TPSA) is 121 Å². The number of nitrogens with one attached hydrogen (secondary N) is 1. The van der Waals surface area contributed by atoms with E-state index in [9.17, 15) is 14.7 Å². The molecule has 3 saturated heterocycles. The molecule has 3 aliphatic rings. The maximum atomic E-state index is 15.6. The Morgan fingerprint density at radius 2 is 1.87 bits per heavy atom. The van der Waals surface area contributed by atoms with Gasteiger partial charge >= 0.3 is 5.69 Å². The van der Waals surface area contributed by atoms with E-state index in [1.165, 1.54) is 0 Å². The van der Waals surface area contributed by atoms with Crippen LogP contribution in [0.5, 0.6) is 0 Å². The predicted molar refractivity (Wildman–Crippen MR) is 99.3 cm³/mol. The molecule has 0 aromatic carbocycles. The number of nitrogens with zero attached hydrogens (tertiary/aromatic N) is 1. The molecular weight excluding hydrogens is 403 g/mol. The average molecular weight is 430 g/mol. The third-order valence-electron chi connectivity index (χ3n) is 5.51. The van der Waals surface area contributed by atoms with Crippen LogP contribution in [0.25, 0.3) is 0 Å². The Hall–Kier alpha value is -1.63. The van der Waals surface area contributed by atoms with Gasteiger partial charge in [-0.3, -0.25) is 14.3 Å². The molecule has 10 nitrogen and oxygen atoms in total. The molecule has 1 aromatic heterocycles. The van der Waals surface area contributed by atoms with Crippen molar-refractivity contribution in [1.29, 1.82) is 0 Å². The van der Waals surface area contributed by atoms with Gasteiger partial charge in [0.25, 0.3) is 11.4 Å². The molecule has 0 radical (unpaired) electrons. The van der Waals surface area contributed by atoms with E-state index in [1.54, 1.807) is 0 Å². The molecule has 0 aliphatic carbocycles. The molecule has 30 heavy (non-hydrogen) atoms. The molecule has 1 aromatic rings. The number of aliphatic hydroxyl groups is 1. The highest BCUT2D eigenvalue weighted by Crippen LogP contribution is 2.42. The quantitative estimate of drug-likeness (QED) is 0.671. The lowest BCUT2D eigenvalue weighted by Crippen LogP contribution is -2.49. The molecule has 3 aliphatic heterocycles. The molecule has 2 N–H and O–H groups in total. The van der Waals surface area contributed by atoms with E-state index in [2.05, 4.69) is 0 Å². The number of hydrogen-bond donors (Lipinski definition) is 2. The van der Waals surface area contributed by atoms with E-state index in [4.69, 9.17) is 23.7 Å². The highest BCUT2D eigenvalue weighted by molar-refractivity contribution is 4.99. The van der Waals surface area contributed by atoms with Crippen LogP contribution < -0.4 is 11.2 Å². The Bertz CT molecular complexity index is 815. The lowest BCUT2D eigenvalue weighted by molar-refractivity contribution is -0.264. The first-order valence-electron chi connectivity index (χ1n) is 10.3. The van der Waals surface area contributed by atoms with Crippen LogP contribution in [0.1, 0.15) is 44.8 Å². The van der Waals surface area contributed by atoms with Gasteiger partial charge in [0.1, 0.15) is 6.10 Å². The van der Waals surface area contributed by atoms with Crippen LogP contribution >= 0.6 is 0 Å². The van der Waals surface area contributed by atoms with Crippen molar-refractivity contribution in [3.05, 3.63) is 33.1 Å². The molecule has 0 saturated carbocycles. The Morgan fingerprint density at radius 3 is 2.50 bits per heavy atom. The predicted octanol–water partition coefficient (Wildman–Crippen LogP) is 0.547. The minimum atomic E-state index is -3.07. The summed E-state index contributed by atoms with van der Waals surface area (Å²) in [4.78, 5) is 25.5. The highest BCUT2D eigenvalue weighted by Gasteiger charge is 2.60. The van der Waals surface area contributed by atoms with E-state index in [1.807, 2.05) is 4.98 Å². The van der Waals surface area contributed by atoms with Crippen LogP contribution in [-0.2, 0) is 23.7 Å². The van der Waals surface area contributed by atoms with Gasteiger partial charge in [-0.15, -0.1) is 0 Å². The first-order chi connectivity index (χ1) is 14.4. The normalized spacial score (nSPS) is 37.3. The summed E-state index contributed by atoms with van der Waals surface area (Å²) in [6, 6.07) is 1.04. The highest BCUT2D eigenvalue weighted by atomic mass is 19.2. The smallest absolute Gasteiger partial charge is 0.330 e. The number of hydrogen-bond acceptors (Lipinski definition) is 8. The number of aromatic amines is 1. The van der Waals surface area contributed by atoms with E-state index in [-0.39, 0.29) is 6.61 Å². The third kappa shape index (κ3) is 4.66. The van der Waals surface area contributed by atoms with Crippen LogP contribution in [0.15, 0.2) is 21.9 Å². The summed E-state index contributed by atoms with van der Waals surface area (Å²) < 4.78 is 44.6. The second-order valence-electron chi connectivity index (χ2n) is 7.75. The molecule has 0 spiro atoms. The fourth-order valence-corrected chi connectivity index (χ4v) is 3.94. The van der Waals surface area contributed by atoms with Crippen molar-refractivity contribution in [2.24, 2.45) is 0 Å². The van der Waals surface area contributed by atoms with Gasteiger partial charge in [-0.2, -0.15) is 0 Å². The monoisotopic (exact) mass is 430 g/mol. The Morgan fingerprint density at radius 1 is 1.17 bits per heavy atom. The van der Waals surface area contributed by atoms with Crippen molar-refractivity contribution in [3.63, 3.8) is 0 Å². The van der Waals surface area contributed by atoms with E-state index in [0.717, 1.165) is 42.5 Å². The number of rotatable bonds is 6. The molecular formula is C19H27FN2O8.